The Morgan fingerprint density at radius 1 is 1.29 bits per heavy atom. The third-order valence-corrected chi connectivity index (χ3v) is 3.03. The number of nitrogens with one attached hydrogen (secondary N) is 1. The van der Waals surface area contributed by atoms with Crippen molar-refractivity contribution in [3.63, 3.8) is 0 Å². The van der Waals surface area contributed by atoms with Crippen LogP contribution >= 0.6 is 0 Å². The van der Waals surface area contributed by atoms with Crippen molar-refractivity contribution in [2.45, 2.75) is 58.3 Å². The summed E-state index contributed by atoms with van der Waals surface area (Å²) in [5, 5.41) is 13.1. The monoisotopic (exact) mass is 241 g/mol. The Morgan fingerprint density at radius 3 is 2.53 bits per heavy atom. The van der Waals surface area contributed by atoms with Crippen LogP contribution in [0.25, 0.3) is 0 Å². The van der Waals surface area contributed by atoms with Crippen molar-refractivity contribution in [3.8, 4) is 0 Å². The molecule has 2 N–H and O–H groups in total. The molecule has 2 atom stereocenters. The summed E-state index contributed by atoms with van der Waals surface area (Å²) in [5.41, 5.74) is 0. The fourth-order valence-corrected chi connectivity index (χ4v) is 2.15. The summed E-state index contributed by atoms with van der Waals surface area (Å²) in [4.78, 5) is 0. The van der Waals surface area contributed by atoms with E-state index in [1.165, 1.54) is 0 Å². The molecule has 3 heteroatoms. The van der Waals surface area contributed by atoms with Crippen LogP contribution in [0, 0.1) is 5.92 Å². The molecule has 1 aliphatic rings. The Labute approximate surface area is 105 Å². The van der Waals surface area contributed by atoms with Gasteiger partial charge in [0.2, 0.25) is 0 Å². The van der Waals surface area contributed by atoms with Crippen LogP contribution < -0.4 is 5.32 Å². The molecule has 3 nitrogen and oxygen atoms in total. The molecule has 17 heavy (non-hydrogen) atoms. The predicted octanol–water partition coefficient (Wildman–Crippen LogP) is 2.11. The zero-order valence-electron chi connectivity index (χ0n) is 11.4. The van der Waals surface area contributed by atoms with E-state index >= 15 is 0 Å². The molecule has 1 rings (SSSR count). The molecular formula is C14H27NO2. The molecule has 0 aliphatic heterocycles. The maximum absolute atomic E-state index is 9.78. The van der Waals surface area contributed by atoms with E-state index in [-0.39, 0.29) is 6.10 Å². The van der Waals surface area contributed by atoms with Crippen LogP contribution in [0.15, 0.2) is 12.2 Å². The third-order valence-electron chi connectivity index (χ3n) is 3.03. The number of hydrogen-bond donors (Lipinski definition) is 2. The topological polar surface area (TPSA) is 41.5 Å². The first kappa shape index (κ1) is 14.7. The van der Waals surface area contributed by atoms with Gasteiger partial charge in [0, 0.05) is 12.6 Å². The van der Waals surface area contributed by atoms with E-state index in [0.29, 0.717) is 25.1 Å². The smallest absolute Gasteiger partial charge is 0.0897 e. The Hall–Kier alpha value is -0.380. The standard InChI is InChI=1S/C14H27NO2/c1-11(2)8-12(3)17-10-14(16)9-15-13-6-4-5-7-13/h4-5,11-16H,6-10H2,1-3H3. The average Bonchev–Trinajstić information content (AvgIpc) is 2.75. The number of aliphatic hydroxyl groups excluding tert-OH is 1. The van der Waals surface area contributed by atoms with Gasteiger partial charge in [-0.1, -0.05) is 26.0 Å². The van der Waals surface area contributed by atoms with Crippen molar-refractivity contribution in [1.82, 2.24) is 5.32 Å². The fraction of sp³-hybridized carbons (Fsp3) is 0.857. The van der Waals surface area contributed by atoms with Gasteiger partial charge >= 0.3 is 0 Å². The van der Waals surface area contributed by atoms with E-state index < -0.39 is 6.10 Å². The molecule has 0 fully saturated rings. The number of hydrogen-bond acceptors (Lipinski definition) is 3. The van der Waals surface area contributed by atoms with E-state index in [0.717, 1.165) is 19.3 Å². The molecule has 0 bridgehead atoms. The van der Waals surface area contributed by atoms with Gasteiger partial charge in [-0.25, -0.2) is 0 Å². The first-order valence-electron chi connectivity index (χ1n) is 6.76. The molecule has 2 unspecified atom stereocenters. The largest absolute Gasteiger partial charge is 0.389 e. The highest BCUT2D eigenvalue weighted by atomic mass is 16.5. The second kappa shape index (κ2) is 7.85. The summed E-state index contributed by atoms with van der Waals surface area (Å²) in [5.74, 6) is 0.643. The minimum atomic E-state index is -0.398. The Morgan fingerprint density at radius 2 is 1.94 bits per heavy atom. The van der Waals surface area contributed by atoms with Gasteiger partial charge < -0.3 is 15.2 Å². The van der Waals surface area contributed by atoms with Crippen molar-refractivity contribution >= 4 is 0 Å². The molecule has 0 radical (unpaired) electrons. The molecule has 0 spiro atoms. The van der Waals surface area contributed by atoms with Crippen molar-refractivity contribution < 1.29 is 9.84 Å². The minimum absolute atomic E-state index is 0.234. The van der Waals surface area contributed by atoms with Gasteiger partial charge in [-0.05, 0) is 32.1 Å². The lowest BCUT2D eigenvalue weighted by atomic mass is 10.1. The molecule has 0 heterocycles. The fourth-order valence-electron chi connectivity index (χ4n) is 2.15. The van der Waals surface area contributed by atoms with E-state index in [4.69, 9.17) is 4.74 Å². The van der Waals surface area contributed by atoms with Crippen LogP contribution in [0.1, 0.15) is 40.0 Å². The van der Waals surface area contributed by atoms with Crippen LogP contribution in [0.5, 0.6) is 0 Å². The van der Waals surface area contributed by atoms with Gasteiger partial charge in [0.15, 0.2) is 0 Å². The van der Waals surface area contributed by atoms with Crippen molar-refractivity contribution in [2.24, 2.45) is 5.92 Å². The van der Waals surface area contributed by atoms with Gasteiger partial charge in [-0.2, -0.15) is 0 Å². The third kappa shape index (κ3) is 6.81. The van der Waals surface area contributed by atoms with E-state index in [2.05, 4.69) is 38.2 Å². The predicted molar refractivity (Wildman–Crippen MR) is 71.0 cm³/mol. The molecule has 100 valence electrons. The molecule has 0 aromatic rings. The molecule has 0 saturated heterocycles. The second-order valence-electron chi connectivity index (χ2n) is 5.48. The Balaban J connectivity index is 2.02. The Bertz CT molecular complexity index is 220. The summed E-state index contributed by atoms with van der Waals surface area (Å²) < 4.78 is 5.62. The molecule has 1 aliphatic carbocycles. The number of aliphatic hydroxyl groups is 1. The van der Waals surface area contributed by atoms with Crippen LogP contribution in [0.4, 0.5) is 0 Å². The van der Waals surface area contributed by atoms with Crippen LogP contribution in [0.2, 0.25) is 0 Å². The summed E-state index contributed by atoms with van der Waals surface area (Å²) in [6.07, 6.45) is 7.42. The lowest BCUT2D eigenvalue weighted by molar-refractivity contribution is -0.00916. The molecule has 0 saturated carbocycles. The maximum atomic E-state index is 9.78. The van der Waals surface area contributed by atoms with Gasteiger partial charge in [0.05, 0.1) is 18.8 Å². The SMILES string of the molecule is CC(C)CC(C)OCC(O)CNC1CC=CC1. The van der Waals surface area contributed by atoms with Crippen LogP contribution in [-0.4, -0.2) is 36.5 Å². The van der Waals surface area contributed by atoms with Gasteiger partial charge in [0.25, 0.3) is 0 Å². The van der Waals surface area contributed by atoms with Crippen molar-refractivity contribution in [2.75, 3.05) is 13.2 Å². The zero-order chi connectivity index (χ0) is 12.7. The van der Waals surface area contributed by atoms with Gasteiger partial charge in [-0.15, -0.1) is 0 Å². The molecule has 0 aromatic carbocycles. The maximum Gasteiger partial charge on any atom is 0.0897 e. The second-order valence-corrected chi connectivity index (χ2v) is 5.48. The van der Waals surface area contributed by atoms with Crippen molar-refractivity contribution in [3.05, 3.63) is 12.2 Å². The zero-order valence-corrected chi connectivity index (χ0v) is 11.4. The summed E-state index contributed by atoms with van der Waals surface area (Å²) in [6.45, 7) is 7.50. The molecule has 0 amide bonds. The van der Waals surface area contributed by atoms with E-state index in [1.807, 2.05) is 0 Å². The quantitative estimate of drug-likeness (QED) is 0.640. The highest BCUT2D eigenvalue weighted by Gasteiger charge is 2.13. The Kier molecular flexibility index (Phi) is 6.78. The summed E-state index contributed by atoms with van der Waals surface area (Å²) in [7, 11) is 0. The lowest BCUT2D eigenvalue weighted by Gasteiger charge is -2.19. The van der Waals surface area contributed by atoms with Gasteiger partial charge in [0.1, 0.15) is 0 Å². The highest BCUT2D eigenvalue weighted by molar-refractivity contribution is 4.97. The van der Waals surface area contributed by atoms with Crippen LogP contribution in [-0.2, 0) is 4.74 Å². The van der Waals surface area contributed by atoms with Gasteiger partial charge in [-0.3, -0.25) is 0 Å². The number of ether oxygens (including phenoxy) is 1. The van der Waals surface area contributed by atoms with Crippen molar-refractivity contribution in [1.29, 1.82) is 0 Å². The molecular weight excluding hydrogens is 214 g/mol. The first-order valence-corrected chi connectivity index (χ1v) is 6.76. The summed E-state index contributed by atoms with van der Waals surface area (Å²) in [6, 6.07) is 0.512. The van der Waals surface area contributed by atoms with E-state index in [1.54, 1.807) is 0 Å². The van der Waals surface area contributed by atoms with E-state index in [9.17, 15) is 5.11 Å². The average molecular weight is 241 g/mol. The highest BCUT2D eigenvalue weighted by Crippen LogP contribution is 2.10. The molecule has 0 aromatic heterocycles. The van der Waals surface area contributed by atoms with Crippen LogP contribution in [0.3, 0.4) is 0 Å². The first-order chi connectivity index (χ1) is 8.08. The lowest BCUT2D eigenvalue weighted by Crippen LogP contribution is -2.36. The minimum Gasteiger partial charge on any atom is -0.389 e. The summed E-state index contributed by atoms with van der Waals surface area (Å²) >= 11 is 0. The normalized spacial score (nSPS) is 20.1. The number of rotatable bonds is 8.